The van der Waals surface area contributed by atoms with Gasteiger partial charge in [0, 0.05) is 13.2 Å². The summed E-state index contributed by atoms with van der Waals surface area (Å²) in [7, 11) is 1.16. The highest BCUT2D eigenvalue weighted by molar-refractivity contribution is 7.97. The van der Waals surface area contributed by atoms with Crippen molar-refractivity contribution < 1.29 is 19.0 Å². The lowest BCUT2D eigenvalue weighted by Crippen LogP contribution is -2.21. The van der Waals surface area contributed by atoms with E-state index in [1.807, 2.05) is 18.2 Å². The van der Waals surface area contributed by atoms with E-state index < -0.39 is 12.3 Å². The molecule has 4 nitrogen and oxygen atoms in total. The summed E-state index contributed by atoms with van der Waals surface area (Å²) >= 11 is 0. The van der Waals surface area contributed by atoms with Crippen LogP contribution >= 0.6 is 0 Å². The molecule has 3 aromatic carbocycles. The van der Waals surface area contributed by atoms with Crippen LogP contribution in [0.1, 0.15) is 59.6 Å². The molecule has 0 heterocycles. The minimum absolute atomic E-state index is 0.0914. The number of carbonyl (C=O) groups is 1. The van der Waals surface area contributed by atoms with Crippen LogP contribution in [0.4, 0.5) is 0 Å². The van der Waals surface area contributed by atoms with Gasteiger partial charge in [-0.05, 0) is 65.3 Å². The molecular weight excluding hydrogens is 468 g/mol. The Balaban J connectivity index is 1.95. The van der Waals surface area contributed by atoms with Gasteiger partial charge in [0.05, 0.1) is 10.9 Å². The zero-order valence-corrected chi connectivity index (χ0v) is 23.6. The van der Waals surface area contributed by atoms with Gasteiger partial charge in [-0.1, -0.05) is 71.9 Å². The Morgan fingerprint density at radius 1 is 0.778 bits per heavy atom. The SMILES string of the molecule is COC(C)OC(=O)COc1cccc([S+](c2ccc(C(C)(C)C)cc2)c2ccc(C(C)(C)C)cc2)c1. The fourth-order valence-corrected chi connectivity index (χ4v) is 5.77. The van der Waals surface area contributed by atoms with Gasteiger partial charge in [-0.25, -0.2) is 4.79 Å². The molecule has 1 unspecified atom stereocenters. The molecule has 0 N–H and O–H groups in total. The number of methoxy groups -OCH3 is 1. The second kappa shape index (κ2) is 11.5. The van der Waals surface area contributed by atoms with E-state index in [2.05, 4.69) is 96.1 Å². The lowest BCUT2D eigenvalue weighted by molar-refractivity contribution is -0.172. The average molecular weight is 508 g/mol. The van der Waals surface area contributed by atoms with Gasteiger partial charge in [0.15, 0.2) is 27.6 Å². The number of hydrogen-bond donors (Lipinski definition) is 0. The van der Waals surface area contributed by atoms with Crippen molar-refractivity contribution in [3.05, 3.63) is 83.9 Å². The highest BCUT2D eigenvalue weighted by Crippen LogP contribution is 2.35. The van der Waals surface area contributed by atoms with Crippen LogP contribution in [-0.4, -0.2) is 26.0 Å². The quantitative estimate of drug-likeness (QED) is 0.182. The molecule has 3 rings (SSSR count). The first-order chi connectivity index (χ1) is 16.9. The highest BCUT2D eigenvalue weighted by Gasteiger charge is 2.30. The molecule has 0 aliphatic rings. The molecule has 3 aromatic rings. The van der Waals surface area contributed by atoms with Crippen LogP contribution in [0, 0.1) is 0 Å². The molecule has 0 bridgehead atoms. The molecule has 36 heavy (non-hydrogen) atoms. The lowest BCUT2D eigenvalue weighted by atomic mass is 9.87. The van der Waals surface area contributed by atoms with Gasteiger partial charge in [-0.15, -0.1) is 0 Å². The molecule has 0 aromatic heterocycles. The van der Waals surface area contributed by atoms with E-state index in [0.717, 1.165) is 4.90 Å². The minimum Gasteiger partial charge on any atom is -0.482 e. The predicted molar refractivity (Wildman–Crippen MR) is 147 cm³/mol. The first-order valence-corrected chi connectivity index (χ1v) is 13.5. The maximum atomic E-state index is 12.0. The van der Waals surface area contributed by atoms with E-state index in [4.69, 9.17) is 14.2 Å². The Kier molecular flexibility index (Phi) is 8.91. The van der Waals surface area contributed by atoms with Gasteiger partial charge in [-0.2, -0.15) is 0 Å². The van der Waals surface area contributed by atoms with Gasteiger partial charge in [0.25, 0.3) is 0 Å². The maximum Gasteiger partial charge on any atom is 0.346 e. The second-order valence-electron chi connectivity index (χ2n) is 10.9. The van der Waals surface area contributed by atoms with Gasteiger partial charge < -0.3 is 14.2 Å². The summed E-state index contributed by atoms with van der Waals surface area (Å²) in [4.78, 5) is 15.6. The topological polar surface area (TPSA) is 44.8 Å². The van der Waals surface area contributed by atoms with Crippen LogP contribution in [0.15, 0.2) is 87.5 Å². The monoisotopic (exact) mass is 507 g/mol. The third kappa shape index (κ3) is 7.37. The normalized spacial score (nSPS) is 12.9. The van der Waals surface area contributed by atoms with Crippen molar-refractivity contribution in [1.29, 1.82) is 0 Å². The highest BCUT2D eigenvalue weighted by atomic mass is 32.2. The Hall–Kier alpha value is -2.76. The van der Waals surface area contributed by atoms with Crippen molar-refractivity contribution in [2.75, 3.05) is 13.7 Å². The largest absolute Gasteiger partial charge is 0.482 e. The van der Waals surface area contributed by atoms with Crippen molar-refractivity contribution in [2.45, 2.75) is 80.3 Å². The molecule has 0 radical (unpaired) electrons. The molecule has 1 atom stereocenters. The van der Waals surface area contributed by atoms with Gasteiger partial charge in [0.2, 0.25) is 0 Å². The fourth-order valence-electron chi connectivity index (χ4n) is 3.69. The van der Waals surface area contributed by atoms with E-state index in [1.165, 1.54) is 28.0 Å². The summed E-state index contributed by atoms with van der Waals surface area (Å²) in [6.45, 7) is 14.9. The van der Waals surface area contributed by atoms with Crippen molar-refractivity contribution >= 4 is 16.9 Å². The first-order valence-electron chi connectivity index (χ1n) is 12.3. The minimum atomic E-state index is -0.606. The first kappa shape index (κ1) is 27.8. The van der Waals surface area contributed by atoms with Crippen LogP contribution < -0.4 is 4.74 Å². The number of rotatable bonds is 8. The van der Waals surface area contributed by atoms with E-state index >= 15 is 0 Å². The number of esters is 1. The molecule has 0 amide bonds. The van der Waals surface area contributed by atoms with Gasteiger partial charge >= 0.3 is 5.97 Å². The third-order valence-electron chi connectivity index (χ3n) is 5.94. The van der Waals surface area contributed by atoms with E-state index in [9.17, 15) is 4.79 Å². The molecule has 0 saturated carbocycles. The summed E-state index contributed by atoms with van der Waals surface area (Å²) in [5, 5.41) is 0. The van der Waals surface area contributed by atoms with Crippen LogP contribution in [0.3, 0.4) is 0 Å². The summed E-state index contributed by atoms with van der Waals surface area (Å²) < 4.78 is 15.9. The Labute approximate surface area is 219 Å². The van der Waals surface area contributed by atoms with Crippen molar-refractivity contribution in [2.24, 2.45) is 0 Å². The van der Waals surface area contributed by atoms with Crippen LogP contribution in [-0.2, 0) is 36.0 Å². The fraction of sp³-hybridized carbons (Fsp3) is 0.387. The zero-order valence-electron chi connectivity index (χ0n) is 22.8. The maximum absolute atomic E-state index is 12.0. The number of benzene rings is 3. The summed E-state index contributed by atoms with van der Waals surface area (Å²) in [5.41, 5.74) is 2.79. The molecule has 0 spiro atoms. The molecule has 0 aliphatic carbocycles. The number of hydrogen-bond acceptors (Lipinski definition) is 4. The Morgan fingerprint density at radius 2 is 1.28 bits per heavy atom. The van der Waals surface area contributed by atoms with Crippen molar-refractivity contribution in [3.8, 4) is 5.75 Å². The van der Waals surface area contributed by atoms with Crippen LogP contribution in [0.5, 0.6) is 5.75 Å². The summed E-state index contributed by atoms with van der Waals surface area (Å²) in [5.74, 6) is 0.161. The van der Waals surface area contributed by atoms with Crippen LogP contribution in [0.25, 0.3) is 0 Å². The smallest absolute Gasteiger partial charge is 0.346 e. The van der Waals surface area contributed by atoms with Crippen LogP contribution in [0.2, 0.25) is 0 Å². The Bertz CT molecular complexity index is 1080. The second-order valence-corrected chi connectivity index (χ2v) is 12.9. The molecular formula is C31H39O4S+. The van der Waals surface area contributed by atoms with Gasteiger partial charge in [-0.3, -0.25) is 0 Å². The van der Waals surface area contributed by atoms with Gasteiger partial charge in [0.1, 0.15) is 5.75 Å². The summed E-state index contributed by atoms with van der Waals surface area (Å²) in [6.07, 6.45) is -0.606. The lowest BCUT2D eigenvalue weighted by Gasteiger charge is -2.20. The Morgan fingerprint density at radius 3 is 1.72 bits per heavy atom. The zero-order chi connectivity index (χ0) is 26.5. The standard InChI is InChI=1S/C31H39O4S/c1-22(33-8)35-29(32)21-34-25-10-9-11-28(20-25)36(26-16-12-23(13-17-26)30(2,3)4)27-18-14-24(15-19-27)31(5,6)7/h9-20,22H,21H2,1-8H3/q+1. The number of ether oxygens (including phenoxy) is 3. The summed E-state index contributed by atoms with van der Waals surface area (Å²) in [6, 6.07) is 25.8. The molecule has 5 heteroatoms. The van der Waals surface area contributed by atoms with Crippen molar-refractivity contribution in [1.82, 2.24) is 0 Å². The molecule has 0 saturated heterocycles. The predicted octanol–water partition coefficient (Wildman–Crippen LogP) is 7.29. The molecule has 0 fully saturated rings. The molecule has 192 valence electrons. The van der Waals surface area contributed by atoms with E-state index in [-0.39, 0.29) is 28.3 Å². The third-order valence-corrected chi connectivity index (χ3v) is 8.15. The average Bonchev–Trinajstić information content (AvgIpc) is 2.83. The molecule has 0 aliphatic heterocycles. The van der Waals surface area contributed by atoms with E-state index in [1.54, 1.807) is 6.92 Å². The van der Waals surface area contributed by atoms with Crippen molar-refractivity contribution in [3.63, 3.8) is 0 Å². The number of carbonyl (C=O) groups excluding carboxylic acids is 1. The van der Waals surface area contributed by atoms with E-state index in [0.29, 0.717) is 5.75 Å².